The van der Waals surface area contributed by atoms with E-state index in [9.17, 15) is 9.59 Å². The van der Waals surface area contributed by atoms with Crippen LogP contribution in [0.3, 0.4) is 0 Å². The molecule has 1 amide bonds. The Balaban J connectivity index is 1.43. The normalized spacial score (nSPS) is 16.5. The molecular formula is C30H32N4O3. The number of nitrogens with zero attached hydrogens (tertiary/aromatic N) is 1. The number of anilines is 3. The molecule has 0 aliphatic carbocycles. The van der Waals surface area contributed by atoms with Crippen molar-refractivity contribution in [2.45, 2.75) is 25.8 Å². The van der Waals surface area contributed by atoms with Crippen LogP contribution in [0.15, 0.2) is 72.8 Å². The first-order chi connectivity index (χ1) is 18.1. The number of ether oxygens (including phenoxy) is 1. The quantitative estimate of drug-likeness (QED) is 0.294. The van der Waals surface area contributed by atoms with Gasteiger partial charge in [-0.2, -0.15) is 0 Å². The lowest BCUT2D eigenvalue weighted by Gasteiger charge is -2.26. The van der Waals surface area contributed by atoms with E-state index >= 15 is 0 Å². The van der Waals surface area contributed by atoms with Crippen LogP contribution in [0.5, 0.6) is 0 Å². The molecule has 0 aromatic heterocycles. The van der Waals surface area contributed by atoms with Crippen molar-refractivity contribution in [3.63, 3.8) is 0 Å². The average Bonchev–Trinajstić information content (AvgIpc) is 3.27. The highest BCUT2D eigenvalue weighted by Crippen LogP contribution is 2.39. The zero-order valence-electron chi connectivity index (χ0n) is 21.0. The molecule has 0 unspecified atom stereocenters. The average molecular weight is 497 g/mol. The zero-order chi connectivity index (χ0) is 25.6. The van der Waals surface area contributed by atoms with Gasteiger partial charge in [-0.15, -0.1) is 0 Å². The lowest BCUT2D eigenvalue weighted by Crippen LogP contribution is -2.29. The fraction of sp³-hybridized carbons (Fsp3) is 0.267. The number of methoxy groups -OCH3 is 1. The van der Waals surface area contributed by atoms with E-state index in [1.165, 1.54) is 45.0 Å². The summed E-state index contributed by atoms with van der Waals surface area (Å²) in [6.45, 7) is 3.35. The molecule has 2 aliphatic rings. The third-order valence-corrected chi connectivity index (χ3v) is 6.82. The number of carbonyl (C=O) groups excluding carboxylic acids is 2. The van der Waals surface area contributed by atoms with Crippen molar-refractivity contribution in [1.82, 2.24) is 4.90 Å². The molecule has 0 saturated carbocycles. The van der Waals surface area contributed by atoms with Crippen LogP contribution in [0.4, 0.5) is 17.1 Å². The van der Waals surface area contributed by atoms with Crippen LogP contribution in [0.2, 0.25) is 0 Å². The maximum Gasteiger partial charge on any atom is 0.325 e. The first kappa shape index (κ1) is 24.6. The molecule has 2 heterocycles. The number of hydrogen-bond donors (Lipinski definition) is 3. The Morgan fingerprint density at radius 2 is 1.68 bits per heavy atom. The van der Waals surface area contributed by atoms with Crippen LogP contribution in [-0.2, 0) is 20.9 Å². The Morgan fingerprint density at radius 1 is 0.946 bits per heavy atom. The zero-order valence-corrected chi connectivity index (χ0v) is 21.0. The van der Waals surface area contributed by atoms with E-state index < -0.39 is 0 Å². The Bertz CT molecular complexity index is 1300. The molecule has 0 spiro atoms. The molecule has 3 aromatic rings. The summed E-state index contributed by atoms with van der Waals surface area (Å²) >= 11 is 0. The van der Waals surface area contributed by atoms with E-state index in [1.807, 2.05) is 48.5 Å². The highest BCUT2D eigenvalue weighted by atomic mass is 16.5. The van der Waals surface area contributed by atoms with Crippen molar-refractivity contribution in [2.24, 2.45) is 0 Å². The van der Waals surface area contributed by atoms with Crippen molar-refractivity contribution < 1.29 is 14.3 Å². The smallest absolute Gasteiger partial charge is 0.325 e. The standard InChI is InChI=1S/C30H32N4O3/c1-37-27(35)19-31-24-14-15-25-26(18-24)33-30(36)28(25)29(22-8-4-2-5-9-22)32-23-12-10-21(11-13-23)20-34-16-6-3-7-17-34/h2,4-5,8-15,18,31-32H,3,6-7,16-17,19-20H2,1H3,(H,33,36)/b29-28+. The van der Waals surface area contributed by atoms with Crippen LogP contribution in [0, 0.1) is 0 Å². The number of fused-ring (bicyclic) bond motifs is 1. The lowest BCUT2D eigenvalue weighted by molar-refractivity contribution is -0.138. The number of hydrogen-bond acceptors (Lipinski definition) is 6. The van der Waals surface area contributed by atoms with Crippen molar-refractivity contribution in [1.29, 1.82) is 0 Å². The van der Waals surface area contributed by atoms with Gasteiger partial charge in [0.05, 0.1) is 24.1 Å². The van der Waals surface area contributed by atoms with Crippen LogP contribution in [-0.4, -0.2) is 43.5 Å². The lowest BCUT2D eigenvalue weighted by atomic mass is 9.99. The number of piperidine rings is 1. The van der Waals surface area contributed by atoms with Gasteiger partial charge in [0.15, 0.2) is 0 Å². The van der Waals surface area contributed by atoms with Crippen LogP contribution < -0.4 is 16.0 Å². The van der Waals surface area contributed by atoms with Crippen LogP contribution in [0.25, 0.3) is 11.3 Å². The number of nitrogens with one attached hydrogen (secondary N) is 3. The van der Waals surface area contributed by atoms with E-state index in [4.69, 9.17) is 4.74 Å². The third kappa shape index (κ3) is 5.84. The second kappa shape index (κ2) is 11.3. The molecule has 0 bridgehead atoms. The van der Waals surface area contributed by atoms with E-state index in [1.54, 1.807) is 0 Å². The van der Waals surface area contributed by atoms with Crippen molar-refractivity contribution in [3.8, 4) is 0 Å². The Morgan fingerprint density at radius 3 is 2.41 bits per heavy atom. The van der Waals surface area contributed by atoms with Gasteiger partial charge in [-0.25, -0.2) is 0 Å². The number of rotatable bonds is 8. The topological polar surface area (TPSA) is 82.7 Å². The second-order valence-corrected chi connectivity index (χ2v) is 9.42. The molecular weight excluding hydrogens is 464 g/mol. The van der Waals surface area contributed by atoms with Gasteiger partial charge in [-0.1, -0.05) is 48.9 Å². The summed E-state index contributed by atoms with van der Waals surface area (Å²) in [5.74, 6) is -0.532. The van der Waals surface area contributed by atoms with Gasteiger partial charge in [0.2, 0.25) is 0 Å². The highest BCUT2D eigenvalue weighted by Gasteiger charge is 2.28. The van der Waals surface area contributed by atoms with Gasteiger partial charge in [-0.05, 0) is 67.4 Å². The number of benzene rings is 3. The summed E-state index contributed by atoms with van der Waals surface area (Å²) in [6.07, 6.45) is 3.89. The van der Waals surface area contributed by atoms with E-state index in [2.05, 4.69) is 45.1 Å². The third-order valence-electron chi connectivity index (χ3n) is 6.82. The molecule has 5 rings (SSSR count). The minimum atomic E-state index is -0.359. The largest absolute Gasteiger partial charge is 0.468 e. The fourth-order valence-electron chi connectivity index (χ4n) is 4.87. The Kier molecular flexibility index (Phi) is 7.51. The van der Waals surface area contributed by atoms with Gasteiger partial charge in [-0.3, -0.25) is 14.5 Å². The van der Waals surface area contributed by atoms with Gasteiger partial charge in [0.1, 0.15) is 6.54 Å². The van der Waals surface area contributed by atoms with Crippen molar-refractivity contribution in [3.05, 3.63) is 89.5 Å². The molecule has 0 radical (unpaired) electrons. The van der Waals surface area contributed by atoms with Gasteiger partial charge in [0, 0.05) is 23.5 Å². The maximum atomic E-state index is 13.2. The second-order valence-electron chi connectivity index (χ2n) is 9.42. The van der Waals surface area contributed by atoms with E-state index in [0.29, 0.717) is 11.3 Å². The highest BCUT2D eigenvalue weighted by molar-refractivity contribution is 6.37. The Hall–Kier alpha value is -4.10. The molecule has 0 atom stereocenters. The van der Waals surface area contributed by atoms with Gasteiger partial charge in [0.25, 0.3) is 5.91 Å². The molecule has 37 heavy (non-hydrogen) atoms. The molecule has 2 aliphatic heterocycles. The fourth-order valence-corrected chi connectivity index (χ4v) is 4.87. The molecule has 7 nitrogen and oxygen atoms in total. The SMILES string of the molecule is COC(=O)CNc1ccc2c(c1)NC(=O)/C2=C(/Nc1ccc(CN2CCCCC2)cc1)c1ccccc1. The summed E-state index contributed by atoms with van der Waals surface area (Å²) in [6, 6.07) is 24.0. The minimum Gasteiger partial charge on any atom is -0.468 e. The van der Waals surface area contributed by atoms with Crippen LogP contribution >= 0.6 is 0 Å². The van der Waals surface area contributed by atoms with Crippen LogP contribution in [0.1, 0.15) is 36.0 Å². The summed E-state index contributed by atoms with van der Waals surface area (Å²) in [5, 5.41) is 9.54. The number of likely N-dealkylation sites (tertiary alicyclic amines) is 1. The number of amides is 1. The predicted molar refractivity (Wildman–Crippen MR) is 148 cm³/mol. The van der Waals surface area contributed by atoms with Gasteiger partial charge < -0.3 is 20.7 Å². The minimum absolute atomic E-state index is 0.0521. The molecule has 1 saturated heterocycles. The number of esters is 1. The van der Waals surface area contributed by atoms with Crippen molar-refractivity contribution >= 4 is 40.2 Å². The monoisotopic (exact) mass is 496 g/mol. The van der Waals surface area contributed by atoms with Crippen molar-refractivity contribution in [2.75, 3.05) is 42.7 Å². The first-order valence-corrected chi connectivity index (χ1v) is 12.8. The summed E-state index contributed by atoms with van der Waals surface area (Å²) in [5.41, 5.74) is 6.69. The summed E-state index contributed by atoms with van der Waals surface area (Å²) in [4.78, 5) is 27.2. The summed E-state index contributed by atoms with van der Waals surface area (Å²) < 4.78 is 4.69. The van der Waals surface area contributed by atoms with Gasteiger partial charge >= 0.3 is 5.97 Å². The summed E-state index contributed by atoms with van der Waals surface area (Å²) in [7, 11) is 1.35. The maximum absolute atomic E-state index is 13.2. The molecule has 3 N–H and O–H groups in total. The number of carbonyl (C=O) groups is 2. The predicted octanol–water partition coefficient (Wildman–Crippen LogP) is 5.19. The molecule has 190 valence electrons. The van der Waals surface area contributed by atoms with E-state index in [-0.39, 0.29) is 18.4 Å². The molecule has 7 heteroatoms. The molecule has 3 aromatic carbocycles. The van der Waals surface area contributed by atoms with E-state index in [0.717, 1.165) is 34.7 Å². The Labute approximate surface area is 217 Å². The first-order valence-electron chi connectivity index (χ1n) is 12.8. The molecule has 1 fully saturated rings.